The molecule has 1 aliphatic heterocycles. The molecule has 58 heavy (non-hydrogen) atoms. The van der Waals surface area contributed by atoms with Crippen molar-refractivity contribution in [2.24, 2.45) is 17.8 Å². The van der Waals surface area contributed by atoms with Gasteiger partial charge in [0, 0.05) is 38.4 Å². The first-order chi connectivity index (χ1) is 28.2. The summed E-state index contributed by atoms with van der Waals surface area (Å²) in [5.41, 5.74) is 6.88. The van der Waals surface area contributed by atoms with Gasteiger partial charge in [0.2, 0.25) is 17.7 Å². The van der Waals surface area contributed by atoms with Gasteiger partial charge in [-0.2, -0.15) is 0 Å². The molecular weight excluding hydrogens is 737 g/mol. The van der Waals surface area contributed by atoms with Gasteiger partial charge in [-0.1, -0.05) is 54.6 Å². The van der Waals surface area contributed by atoms with Gasteiger partial charge in [-0.05, 0) is 78.7 Å². The van der Waals surface area contributed by atoms with E-state index in [0.717, 1.165) is 77.1 Å². The number of fused-ring (bicyclic) bond motifs is 2. The van der Waals surface area contributed by atoms with Crippen LogP contribution in [0.2, 0.25) is 0 Å². The number of hydrogen-bond donors (Lipinski definition) is 4. The molecule has 8 rings (SSSR count). The Morgan fingerprint density at radius 2 is 1.43 bits per heavy atom. The molecule has 14 heteroatoms. The summed E-state index contributed by atoms with van der Waals surface area (Å²) in [6.07, 6.45) is 9.03. The van der Waals surface area contributed by atoms with Gasteiger partial charge in [0.1, 0.15) is 17.7 Å². The second-order valence-electron chi connectivity index (χ2n) is 15.6. The number of carbonyl (C=O) groups excluding carboxylic acids is 3. The number of likely N-dealkylation sites (tertiary alicyclic amines) is 1. The molecule has 5 aromatic rings. The number of ether oxygens (including phenoxy) is 3. The van der Waals surface area contributed by atoms with Crippen molar-refractivity contribution in [3.05, 3.63) is 96.5 Å². The van der Waals surface area contributed by atoms with Crippen LogP contribution in [0, 0.1) is 17.8 Å². The summed E-state index contributed by atoms with van der Waals surface area (Å²) in [4.78, 5) is 61.8. The number of nitrogens with zero attached hydrogens (tertiary/aromatic N) is 4. The van der Waals surface area contributed by atoms with Crippen molar-refractivity contribution in [1.29, 1.82) is 0 Å². The van der Waals surface area contributed by atoms with Crippen molar-refractivity contribution in [2.45, 2.75) is 69.7 Å². The molecule has 7 atom stereocenters. The van der Waals surface area contributed by atoms with Crippen LogP contribution in [0.15, 0.2) is 79.3 Å². The molecule has 302 valence electrons. The van der Waals surface area contributed by atoms with Gasteiger partial charge in [-0.25, -0.2) is 19.7 Å². The van der Waals surface area contributed by atoms with E-state index in [2.05, 4.69) is 79.1 Å². The lowest BCUT2D eigenvalue weighted by molar-refractivity contribution is -0.137. The zero-order chi connectivity index (χ0) is 40.3. The number of alkyl carbamates (subject to hydrolysis) is 1. The number of aromatic amines is 2. The average molecular weight is 787 g/mol. The molecule has 2 bridgehead atoms. The fraction of sp³-hybridized carbons (Fsp3) is 0.409. The summed E-state index contributed by atoms with van der Waals surface area (Å²) in [5, 5.41) is 5.80. The van der Waals surface area contributed by atoms with E-state index in [4.69, 9.17) is 19.2 Å². The molecule has 2 aliphatic carbocycles. The maximum atomic E-state index is 13.6. The van der Waals surface area contributed by atoms with Crippen molar-refractivity contribution in [3.8, 4) is 39.5 Å². The third-order valence-electron chi connectivity index (χ3n) is 12.3. The maximum absolute atomic E-state index is 13.6. The molecular formula is C44H50N8O6. The Morgan fingerprint density at radius 1 is 0.793 bits per heavy atom. The Labute approximate surface area is 337 Å². The zero-order valence-electron chi connectivity index (χ0n) is 33.2. The topological polar surface area (TPSA) is 176 Å². The minimum Gasteiger partial charge on any atom is -0.481 e. The predicted molar refractivity (Wildman–Crippen MR) is 216 cm³/mol. The SMILES string of the molecule is COC(=O)N[C@H](C(=O)N1CCC[C@H]1c1ncc(-c2ccc(-c3ccc(-c4cnc([C@@H]5C6CCC(C6)[C@H]5C(=O)NCc5ccc(OC)nc5)[nH]4)cc3)cc2)[nH]1)[C@@H](C)OC. The van der Waals surface area contributed by atoms with Gasteiger partial charge in [-0.15, -0.1) is 0 Å². The molecule has 3 fully saturated rings. The number of benzene rings is 2. The second-order valence-corrected chi connectivity index (χ2v) is 15.6. The number of nitrogens with one attached hydrogen (secondary N) is 4. The Balaban J connectivity index is 0.910. The van der Waals surface area contributed by atoms with Crippen LogP contribution in [0.1, 0.15) is 68.2 Å². The van der Waals surface area contributed by atoms with Crippen molar-refractivity contribution in [3.63, 3.8) is 0 Å². The minimum absolute atomic E-state index is 0.0669. The van der Waals surface area contributed by atoms with Gasteiger partial charge in [0.25, 0.3) is 0 Å². The van der Waals surface area contributed by atoms with E-state index in [1.807, 2.05) is 12.3 Å². The van der Waals surface area contributed by atoms with E-state index in [-0.39, 0.29) is 29.7 Å². The van der Waals surface area contributed by atoms with Crippen LogP contribution in [0.5, 0.6) is 5.88 Å². The van der Waals surface area contributed by atoms with Crippen LogP contribution in [0.25, 0.3) is 33.6 Å². The van der Waals surface area contributed by atoms with E-state index in [9.17, 15) is 14.4 Å². The number of H-pyrrole nitrogens is 2. The molecule has 4 N–H and O–H groups in total. The van der Waals surface area contributed by atoms with Gasteiger partial charge in [0.15, 0.2) is 0 Å². The number of amides is 3. The maximum Gasteiger partial charge on any atom is 0.407 e. The highest BCUT2D eigenvalue weighted by molar-refractivity contribution is 5.87. The molecule has 2 aromatic carbocycles. The highest BCUT2D eigenvalue weighted by Crippen LogP contribution is 2.56. The Kier molecular flexibility index (Phi) is 11.3. The van der Waals surface area contributed by atoms with Crippen molar-refractivity contribution in [1.82, 2.24) is 40.5 Å². The van der Waals surface area contributed by atoms with E-state index in [0.29, 0.717) is 36.6 Å². The van der Waals surface area contributed by atoms with Crippen LogP contribution in [0.4, 0.5) is 4.79 Å². The normalized spacial score (nSPS) is 22.1. The quantitative estimate of drug-likeness (QED) is 0.105. The van der Waals surface area contributed by atoms with Crippen LogP contribution in [0.3, 0.4) is 0 Å². The summed E-state index contributed by atoms with van der Waals surface area (Å²) >= 11 is 0. The number of methoxy groups -OCH3 is 3. The van der Waals surface area contributed by atoms with Gasteiger partial charge < -0.3 is 39.7 Å². The molecule has 4 heterocycles. The molecule has 0 spiro atoms. The molecule has 3 amide bonds. The minimum atomic E-state index is -0.888. The highest BCUT2D eigenvalue weighted by Gasteiger charge is 2.52. The monoisotopic (exact) mass is 786 g/mol. The number of imidazole rings is 2. The second kappa shape index (κ2) is 16.8. The van der Waals surface area contributed by atoms with Crippen LogP contribution >= 0.6 is 0 Å². The molecule has 1 saturated heterocycles. The Bertz CT molecular complexity index is 2220. The number of pyridine rings is 1. The summed E-state index contributed by atoms with van der Waals surface area (Å²) in [7, 11) is 4.36. The van der Waals surface area contributed by atoms with E-state index >= 15 is 0 Å². The molecule has 2 saturated carbocycles. The summed E-state index contributed by atoms with van der Waals surface area (Å²) in [5.74, 6) is 2.76. The van der Waals surface area contributed by atoms with Gasteiger partial charge >= 0.3 is 6.09 Å². The third-order valence-corrected chi connectivity index (χ3v) is 12.3. The van der Waals surface area contributed by atoms with E-state index < -0.39 is 18.2 Å². The first-order valence-electron chi connectivity index (χ1n) is 20.0. The molecule has 3 aromatic heterocycles. The summed E-state index contributed by atoms with van der Waals surface area (Å²) < 4.78 is 15.3. The number of carbonyl (C=O) groups is 3. The number of rotatable bonds is 13. The fourth-order valence-corrected chi connectivity index (χ4v) is 9.19. The lowest BCUT2D eigenvalue weighted by Crippen LogP contribution is -2.54. The smallest absolute Gasteiger partial charge is 0.407 e. The van der Waals surface area contributed by atoms with Gasteiger partial charge in [-0.3, -0.25) is 9.59 Å². The zero-order valence-corrected chi connectivity index (χ0v) is 33.2. The fourth-order valence-electron chi connectivity index (χ4n) is 9.19. The first kappa shape index (κ1) is 38.8. The Morgan fingerprint density at radius 3 is 2.05 bits per heavy atom. The predicted octanol–water partition coefficient (Wildman–Crippen LogP) is 6.41. The van der Waals surface area contributed by atoms with Crippen LogP contribution in [-0.2, 0) is 25.6 Å². The summed E-state index contributed by atoms with van der Waals surface area (Å²) in [6.45, 7) is 2.72. The van der Waals surface area contributed by atoms with Crippen molar-refractivity contribution in [2.75, 3.05) is 27.9 Å². The van der Waals surface area contributed by atoms with Gasteiger partial charge in [0.05, 0.1) is 56.1 Å². The lowest BCUT2D eigenvalue weighted by Gasteiger charge is -2.30. The number of aromatic nitrogens is 5. The van der Waals surface area contributed by atoms with Crippen molar-refractivity contribution < 1.29 is 28.6 Å². The summed E-state index contributed by atoms with van der Waals surface area (Å²) in [6, 6.07) is 19.3. The molecule has 0 radical (unpaired) electrons. The lowest BCUT2D eigenvalue weighted by atomic mass is 9.78. The van der Waals surface area contributed by atoms with E-state index in [1.54, 1.807) is 37.4 Å². The molecule has 14 nitrogen and oxygen atoms in total. The highest BCUT2D eigenvalue weighted by atomic mass is 16.5. The third kappa shape index (κ3) is 7.80. The molecule has 2 unspecified atom stereocenters. The molecule has 3 aliphatic rings. The number of hydrogen-bond acceptors (Lipinski definition) is 9. The van der Waals surface area contributed by atoms with Crippen molar-refractivity contribution >= 4 is 17.9 Å². The Hall–Kier alpha value is -6.02. The average Bonchev–Trinajstić information content (AvgIpc) is 4.13. The standard InChI is InChI=1S/C44H50N8O6/c1-25(56-2)39(51-44(55)58-4)43(54)52-19-5-6-35(52)40-46-23-33(49-40)29-12-8-27(9-13-29)28-10-14-30(15-11-28)34-24-47-41(50-34)37-31-16-17-32(20-31)38(37)42(53)48-22-26-7-18-36(57-3)45-21-26/h7-15,18,21,23-25,31-32,35,37-39H,5-6,16-17,19-20,22H2,1-4H3,(H,46,49)(H,47,50)(H,48,53)(H,51,55)/t25-,31?,32?,35+,37-,38-,39+/m1/s1. The first-order valence-corrected chi connectivity index (χ1v) is 20.0. The van der Waals surface area contributed by atoms with E-state index in [1.165, 1.54) is 14.2 Å². The van der Waals surface area contributed by atoms with Crippen LogP contribution < -0.4 is 15.4 Å². The largest absolute Gasteiger partial charge is 0.481 e. The van der Waals surface area contributed by atoms with Crippen LogP contribution in [-0.4, -0.2) is 87.7 Å².